The highest BCUT2D eigenvalue weighted by molar-refractivity contribution is 5.77. The van der Waals surface area contributed by atoms with Crippen LogP contribution in [0.2, 0.25) is 0 Å². The summed E-state index contributed by atoms with van der Waals surface area (Å²) in [7, 11) is 0. The number of carboxylic acids is 1. The molecule has 0 aliphatic rings. The summed E-state index contributed by atoms with van der Waals surface area (Å²) in [5.74, 6) is -1.39. The highest BCUT2D eigenvalue weighted by Crippen LogP contribution is 2.33. The van der Waals surface area contributed by atoms with Crippen LogP contribution in [0.15, 0.2) is 73.3 Å². The molecule has 146 valence electrons. The summed E-state index contributed by atoms with van der Waals surface area (Å²) in [6.07, 6.45) is 5.35. The molecule has 6 nitrogen and oxygen atoms in total. The number of imidazole rings is 1. The van der Waals surface area contributed by atoms with Crippen LogP contribution in [-0.4, -0.2) is 30.3 Å². The zero-order valence-corrected chi connectivity index (χ0v) is 16.1. The Bertz CT molecular complexity index is 1160. The number of nitrogens with zero attached hydrogens (tertiary/aromatic N) is 3. The maximum Gasteiger partial charge on any atom is 0.312 e. The Morgan fingerprint density at radius 3 is 2.45 bits per heavy atom. The van der Waals surface area contributed by atoms with E-state index in [9.17, 15) is 15.0 Å². The fourth-order valence-corrected chi connectivity index (χ4v) is 3.52. The molecule has 1 unspecified atom stereocenters. The molecule has 2 aromatic heterocycles. The van der Waals surface area contributed by atoms with Crippen LogP contribution in [0.25, 0.3) is 22.6 Å². The third-order valence-corrected chi connectivity index (χ3v) is 5.11. The fourth-order valence-electron chi connectivity index (χ4n) is 3.52. The molecule has 1 atom stereocenters. The fraction of sp³-hybridized carbons (Fsp3) is 0.130. The van der Waals surface area contributed by atoms with Gasteiger partial charge in [0.2, 0.25) is 0 Å². The van der Waals surface area contributed by atoms with Crippen LogP contribution in [-0.2, 0) is 4.79 Å². The lowest BCUT2D eigenvalue weighted by Gasteiger charge is -2.18. The van der Waals surface area contributed by atoms with Gasteiger partial charge in [-0.3, -0.25) is 4.79 Å². The molecule has 4 aromatic rings. The van der Waals surface area contributed by atoms with Gasteiger partial charge in [0, 0.05) is 29.5 Å². The Morgan fingerprint density at radius 1 is 1.07 bits per heavy atom. The topological polar surface area (TPSA) is 80.3 Å². The van der Waals surface area contributed by atoms with Crippen molar-refractivity contribution in [2.45, 2.75) is 19.8 Å². The van der Waals surface area contributed by atoms with E-state index in [1.54, 1.807) is 31.6 Å². The predicted octanol–water partition coefficient (Wildman–Crippen LogP) is 4.53. The maximum absolute atomic E-state index is 11.7. The molecule has 2 heterocycles. The number of phenols is 1. The maximum atomic E-state index is 11.7. The zero-order chi connectivity index (χ0) is 20.5. The summed E-state index contributed by atoms with van der Waals surface area (Å²) in [6, 6.07) is 16.9. The Kier molecular flexibility index (Phi) is 4.68. The number of phenolic OH excluding ortho intramolecular Hbond substituents is 1. The average Bonchev–Trinajstić information content (AvgIpc) is 3.38. The molecule has 2 N–H and O–H groups in total. The average molecular weight is 387 g/mol. The van der Waals surface area contributed by atoms with Gasteiger partial charge in [-0.05, 0) is 67.4 Å². The molecule has 29 heavy (non-hydrogen) atoms. The van der Waals surface area contributed by atoms with Gasteiger partial charge in [0.1, 0.15) is 5.75 Å². The van der Waals surface area contributed by atoms with E-state index in [1.165, 1.54) is 0 Å². The van der Waals surface area contributed by atoms with Crippen molar-refractivity contribution >= 4 is 5.97 Å². The van der Waals surface area contributed by atoms with E-state index < -0.39 is 11.9 Å². The Morgan fingerprint density at radius 2 is 1.83 bits per heavy atom. The molecule has 0 aliphatic heterocycles. The minimum atomic E-state index is -0.886. The number of rotatable bonds is 5. The monoisotopic (exact) mass is 387 g/mol. The highest BCUT2D eigenvalue weighted by Gasteiger charge is 2.22. The van der Waals surface area contributed by atoms with E-state index in [-0.39, 0.29) is 5.75 Å². The number of hydrogen-bond acceptors (Lipinski definition) is 3. The number of aromatic nitrogens is 3. The number of aliphatic carboxylic acids is 1. The Balaban J connectivity index is 1.86. The first-order valence-corrected chi connectivity index (χ1v) is 9.29. The van der Waals surface area contributed by atoms with Crippen molar-refractivity contribution in [3.8, 4) is 28.4 Å². The largest absolute Gasteiger partial charge is 0.508 e. The van der Waals surface area contributed by atoms with Gasteiger partial charge in [-0.15, -0.1) is 0 Å². The lowest BCUT2D eigenvalue weighted by molar-refractivity contribution is -0.138. The number of carboxylic acid groups (broad SMARTS) is 1. The third-order valence-electron chi connectivity index (χ3n) is 5.11. The second kappa shape index (κ2) is 7.31. The van der Waals surface area contributed by atoms with E-state index in [1.807, 2.05) is 64.7 Å². The van der Waals surface area contributed by atoms with Crippen LogP contribution in [0.3, 0.4) is 0 Å². The first-order valence-electron chi connectivity index (χ1n) is 9.29. The number of aryl methyl sites for hydroxylation is 1. The molecular formula is C23H21N3O3. The van der Waals surface area contributed by atoms with Crippen molar-refractivity contribution < 1.29 is 15.0 Å². The number of hydrogen-bond donors (Lipinski definition) is 2. The minimum absolute atomic E-state index is 0.178. The first kappa shape index (κ1) is 18.6. The SMILES string of the molecule is Cc1cc(O)ccc1-n1c(-c2ccc(-n3ccnc3)cc2)ccc1C(C)C(=O)O. The van der Waals surface area contributed by atoms with Crippen LogP contribution in [0.4, 0.5) is 0 Å². The minimum Gasteiger partial charge on any atom is -0.508 e. The molecule has 4 rings (SSSR count). The normalized spacial score (nSPS) is 12.1. The number of benzene rings is 2. The molecule has 2 aromatic carbocycles. The third kappa shape index (κ3) is 3.40. The van der Waals surface area contributed by atoms with Crippen molar-refractivity contribution in [3.05, 3.63) is 84.6 Å². The summed E-state index contributed by atoms with van der Waals surface area (Å²) in [5, 5.41) is 19.4. The van der Waals surface area contributed by atoms with Crippen molar-refractivity contribution in [1.82, 2.24) is 14.1 Å². The van der Waals surface area contributed by atoms with Crippen LogP contribution in [0.5, 0.6) is 5.75 Å². The van der Waals surface area contributed by atoms with Crippen molar-refractivity contribution in [1.29, 1.82) is 0 Å². The second-order valence-corrected chi connectivity index (χ2v) is 7.03. The molecule has 0 aliphatic carbocycles. The van der Waals surface area contributed by atoms with E-state index in [2.05, 4.69) is 4.98 Å². The van der Waals surface area contributed by atoms with Crippen molar-refractivity contribution in [2.24, 2.45) is 0 Å². The lowest BCUT2D eigenvalue weighted by atomic mass is 10.1. The first-order chi connectivity index (χ1) is 14.0. The lowest BCUT2D eigenvalue weighted by Crippen LogP contribution is -2.13. The molecule has 6 heteroatoms. The van der Waals surface area contributed by atoms with Gasteiger partial charge in [0.15, 0.2) is 0 Å². The summed E-state index contributed by atoms with van der Waals surface area (Å²) < 4.78 is 3.88. The number of carbonyl (C=O) groups is 1. The quantitative estimate of drug-likeness (QED) is 0.527. The van der Waals surface area contributed by atoms with Crippen molar-refractivity contribution in [2.75, 3.05) is 0 Å². The van der Waals surface area contributed by atoms with Crippen LogP contribution < -0.4 is 0 Å². The number of aromatic hydroxyl groups is 1. The molecule has 0 radical (unpaired) electrons. The molecular weight excluding hydrogens is 366 g/mol. The molecule has 0 saturated heterocycles. The molecule has 0 fully saturated rings. The summed E-state index contributed by atoms with van der Waals surface area (Å²) in [5.41, 5.74) is 5.22. The summed E-state index contributed by atoms with van der Waals surface area (Å²) in [4.78, 5) is 15.8. The Labute approximate surface area is 168 Å². The van der Waals surface area contributed by atoms with Crippen molar-refractivity contribution in [3.63, 3.8) is 0 Å². The predicted molar refractivity (Wildman–Crippen MR) is 111 cm³/mol. The summed E-state index contributed by atoms with van der Waals surface area (Å²) >= 11 is 0. The van der Waals surface area contributed by atoms with Gasteiger partial charge >= 0.3 is 5.97 Å². The van der Waals surface area contributed by atoms with Crippen LogP contribution in [0.1, 0.15) is 24.1 Å². The second-order valence-electron chi connectivity index (χ2n) is 7.03. The molecule has 0 bridgehead atoms. The standard InChI is InChI=1S/C23H21N3O3/c1-15-13-19(27)7-8-20(15)26-21(16(2)23(28)29)9-10-22(26)17-3-5-18(6-4-17)25-12-11-24-14-25/h3-14,16,27H,1-2H3,(H,28,29). The van der Waals surface area contributed by atoms with Crippen LogP contribution >= 0.6 is 0 Å². The van der Waals surface area contributed by atoms with E-state index in [0.29, 0.717) is 5.69 Å². The van der Waals surface area contributed by atoms with Gasteiger partial charge in [0.05, 0.1) is 17.9 Å². The highest BCUT2D eigenvalue weighted by atomic mass is 16.4. The van der Waals surface area contributed by atoms with Gasteiger partial charge in [0.25, 0.3) is 0 Å². The van der Waals surface area contributed by atoms with Gasteiger partial charge in [-0.2, -0.15) is 0 Å². The smallest absolute Gasteiger partial charge is 0.312 e. The van der Waals surface area contributed by atoms with Gasteiger partial charge in [-0.1, -0.05) is 12.1 Å². The Hall–Kier alpha value is -3.80. The van der Waals surface area contributed by atoms with Crippen LogP contribution in [0, 0.1) is 6.92 Å². The molecule has 0 amide bonds. The van der Waals surface area contributed by atoms with E-state index >= 15 is 0 Å². The van der Waals surface area contributed by atoms with Gasteiger partial charge in [-0.25, -0.2) is 4.98 Å². The van der Waals surface area contributed by atoms with Gasteiger partial charge < -0.3 is 19.3 Å². The molecule has 0 spiro atoms. The zero-order valence-electron chi connectivity index (χ0n) is 16.1. The summed E-state index contributed by atoms with van der Waals surface area (Å²) in [6.45, 7) is 3.58. The van der Waals surface area contributed by atoms with E-state index in [0.717, 1.165) is 28.2 Å². The van der Waals surface area contributed by atoms with E-state index in [4.69, 9.17) is 0 Å². The molecule has 0 saturated carbocycles.